The van der Waals surface area contributed by atoms with Gasteiger partial charge in [-0.25, -0.2) is 13.6 Å². The lowest BCUT2D eigenvalue weighted by atomic mass is 10.2. The van der Waals surface area contributed by atoms with Crippen molar-refractivity contribution in [3.05, 3.63) is 65.2 Å². The van der Waals surface area contributed by atoms with Crippen LogP contribution in [0.1, 0.15) is 11.1 Å². The normalized spacial score (nSPS) is 10.2. The number of aromatic hydroxyl groups is 1. The van der Waals surface area contributed by atoms with Gasteiger partial charge in [0.1, 0.15) is 12.4 Å². The summed E-state index contributed by atoms with van der Waals surface area (Å²) in [5.41, 5.74) is 0.747. The van der Waals surface area contributed by atoms with Crippen LogP contribution in [0.15, 0.2) is 42.5 Å². The molecule has 2 rings (SSSR count). The van der Waals surface area contributed by atoms with E-state index in [2.05, 4.69) is 5.32 Å². The fourth-order valence-electron chi connectivity index (χ4n) is 1.70. The molecular weight excluding hydrogens is 280 g/mol. The number of phenols is 1. The SMILES string of the molecule is O=C(NCc1cc(F)cc(F)c1O)OCc1ccccc1. The summed E-state index contributed by atoms with van der Waals surface area (Å²) in [6.45, 7) is -0.162. The van der Waals surface area contributed by atoms with Gasteiger partial charge < -0.3 is 15.2 Å². The maximum atomic E-state index is 13.1. The van der Waals surface area contributed by atoms with Crippen molar-refractivity contribution < 1.29 is 23.4 Å². The number of rotatable bonds is 4. The Hall–Kier alpha value is -2.63. The second-order valence-corrected chi connectivity index (χ2v) is 4.31. The Kier molecular flexibility index (Phi) is 4.71. The average molecular weight is 293 g/mol. The van der Waals surface area contributed by atoms with E-state index in [9.17, 15) is 18.7 Å². The third kappa shape index (κ3) is 4.17. The first-order chi connectivity index (χ1) is 10.1. The Bertz CT molecular complexity index is 632. The summed E-state index contributed by atoms with van der Waals surface area (Å²) in [4.78, 5) is 11.5. The molecule has 0 atom stereocenters. The van der Waals surface area contributed by atoms with Gasteiger partial charge in [0.15, 0.2) is 11.6 Å². The molecule has 2 N–H and O–H groups in total. The zero-order chi connectivity index (χ0) is 15.2. The lowest BCUT2D eigenvalue weighted by Gasteiger charge is -2.09. The summed E-state index contributed by atoms with van der Waals surface area (Å²) in [6, 6.07) is 10.5. The Morgan fingerprint density at radius 1 is 1.19 bits per heavy atom. The highest BCUT2D eigenvalue weighted by molar-refractivity contribution is 5.67. The number of hydrogen-bond acceptors (Lipinski definition) is 3. The van der Waals surface area contributed by atoms with Gasteiger partial charge in [0.2, 0.25) is 0 Å². The summed E-state index contributed by atoms with van der Waals surface area (Å²) in [5.74, 6) is -2.61. The first-order valence-corrected chi connectivity index (χ1v) is 6.17. The topological polar surface area (TPSA) is 58.6 Å². The first kappa shape index (κ1) is 14.8. The van der Waals surface area contributed by atoms with Crippen LogP contribution in [0, 0.1) is 11.6 Å². The van der Waals surface area contributed by atoms with E-state index in [0.717, 1.165) is 11.6 Å². The van der Waals surface area contributed by atoms with Gasteiger partial charge in [0.25, 0.3) is 0 Å². The van der Waals surface area contributed by atoms with Gasteiger partial charge in [-0.2, -0.15) is 0 Å². The highest BCUT2D eigenvalue weighted by Gasteiger charge is 2.11. The van der Waals surface area contributed by atoms with Crippen LogP contribution in [0.5, 0.6) is 5.75 Å². The Balaban J connectivity index is 1.87. The van der Waals surface area contributed by atoms with Crippen molar-refractivity contribution in [1.29, 1.82) is 0 Å². The summed E-state index contributed by atoms with van der Waals surface area (Å²) >= 11 is 0. The summed E-state index contributed by atoms with van der Waals surface area (Å²) < 4.78 is 31.0. The molecule has 6 heteroatoms. The van der Waals surface area contributed by atoms with Gasteiger partial charge in [0.05, 0.1) is 0 Å². The van der Waals surface area contributed by atoms with E-state index in [1.165, 1.54) is 0 Å². The van der Waals surface area contributed by atoms with Crippen LogP contribution < -0.4 is 5.32 Å². The number of benzene rings is 2. The molecule has 0 saturated heterocycles. The third-order valence-corrected chi connectivity index (χ3v) is 2.74. The molecule has 0 aliphatic rings. The van der Waals surface area contributed by atoms with Gasteiger partial charge in [0, 0.05) is 18.2 Å². The molecule has 0 aromatic heterocycles. The Morgan fingerprint density at radius 2 is 1.90 bits per heavy atom. The number of phenolic OH excluding ortho intramolecular Hbond substituents is 1. The van der Waals surface area contributed by atoms with Crippen LogP contribution in [0.25, 0.3) is 0 Å². The number of carbonyl (C=O) groups is 1. The van der Waals surface area contributed by atoms with Crippen LogP contribution in [-0.2, 0) is 17.9 Å². The molecule has 0 heterocycles. The molecule has 4 nitrogen and oxygen atoms in total. The predicted octanol–water partition coefficient (Wildman–Crippen LogP) is 3.10. The van der Waals surface area contributed by atoms with Crippen molar-refractivity contribution in [1.82, 2.24) is 5.32 Å². The highest BCUT2D eigenvalue weighted by atomic mass is 19.1. The zero-order valence-corrected chi connectivity index (χ0v) is 11.0. The zero-order valence-electron chi connectivity index (χ0n) is 11.0. The van der Waals surface area contributed by atoms with Gasteiger partial charge in [-0.3, -0.25) is 0 Å². The number of alkyl carbamates (subject to hydrolysis) is 1. The number of ether oxygens (including phenoxy) is 1. The van der Waals surface area contributed by atoms with Crippen LogP contribution in [-0.4, -0.2) is 11.2 Å². The first-order valence-electron chi connectivity index (χ1n) is 6.17. The minimum Gasteiger partial charge on any atom is -0.505 e. The van der Waals surface area contributed by atoms with E-state index in [1.54, 1.807) is 12.1 Å². The number of halogens is 2. The Morgan fingerprint density at radius 3 is 2.62 bits per heavy atom. The van der Waals surface area contributed by atoms with Crippen molar-refractivity contribution in [3.8, 4) is 5.75 Å². The molecule has 0 spiro atoms. The lowest BCUT2D eigenvalue weighted by Crippen LogP contribution is -2.23. The Labute approximate surface area is 120 Å². The smallest absolute Gasteiger partial charge is 0.407 e. The molecule has 2 aromatic rings. The second kappa shape index (κ2) is 6.69. The summed E-state index contributed by atoms with van der Waals surface area (Å²) in [5, 5.41) is 11.7. The number of carbonyl (C=O) groups excluding carboxylic acids is 1. The van der Waals surface area contributed by atoms with E-state index in [0.29, 0.717) is 6.07 Å². The van der Waals surface area contributed by atoms with Crippen LogP contribution in [0.4, 0.5) is 13.6 Å². The monoisotopic (exact) mass is 293 g/mol. The van der Waals surface area contributed by atoms with E-state index >= 15 is 0 Å². The van der Waals surface area contributed by atoms with Crippen molar-refractivity contribution in [2.45, 2.75) is 13.2 Å². The maximum Gasteiger partial charge on any atom is 0.407 e. The number of nitrogens with one attached hydrogen (secondary N) is 1. The van der Waals surface area contributed by atoms with Crippen LogP contribution in [0.3, 0.4) is 0 Å². The largest absolute Gasteiger partial charge is 0.505 e. The summed E-state index contributed by atoms with van der Waals surface area (Å²) in [7, 11) is 0. The lowest BCUT2D eigenvalue weighted by molar-refractivity contribution is 0.139. The van der Waals surface area contributed by atoms with Crippen molar-refractivity contribution in [2.24, 2.45) is 0 Å². The standard InChI is InChI=1S/C15H13F2NO3/c16-12-6-11(14(19)13(17)7-12)8-18-15(20)21-9-10-4-2-1-3-5-10/h1-7,19H,8-9H2,(H,18,20). The fraction of sp³-hybridized carbons (Fsp3) is 0.133. The minimum absolute atomic E-state index is 0.0656. The van der Waals surface area contributed by atoms with Crippen molar-refractivity contribution >= 4 is 6.09 Å². The van der Waals surface area contributed by atoms with E-state index < -0.39 is 23.5 Å². The fourth-order valence-corrected chi connectivity index (χ4v) is 1.70. The minimum atomic E-state index is -1.08. The van der Waals surface area contributed by atoms with Crippen molar-refractivity contribution in [2.75, 3.05) is 0 Å². The molecule has 110 valence electrons. The molecule has 0 radical (unpaired) electrons. The molecular formula is C15H13F2NO3. The second-order valence-electron chi connectivity index (χ2n) is 4.31. The molecule has 0 bridgehead atoms. The van der Waals surface area contributed by atoms with Gasteiger partial charge in [-0.05, 0) is 11.6 Å². The van der Waals surface area contributed by atoms with E-state index in [-0.39, 0.29) is 18.7 Å². The van der Waals surface area contributed by atoms with Crippen molar-refractivity contribution in [3.63, 3.8) is 0 Å². The summed E-state index contributed by atoms with van der Waals surface area (Å²) in [6.07, 6.45) is -0.747. The van der Waals surface area contributed by atoms with E-state index in [4.69, 9.17) is 4.74 Å². The third-order valence-electron chi connectivity index (χ3n) is 2.74. The predicted molar refractivity (Wildman–Crippen MR) is 71.5 cm³/mol. The molecule has 0 fully saturated rings. The molecule has 0 aliphatic carbocycles. The molecule has 1 amide bonds. The molecule has 2 aromatic carbocycles. The number of hydrogen-bond donors (Lipinski definition) is 2. The van der Waals surface area contributed by atoms with Crippen LogP contribution in [0.2, 0.25) is 0 Å². The van der Waals surface area contributed by atoms with E-state index in [1.807, 2.05) is 18.2 Å². The van der Waals surface area contributed by atoms with Gasteiger partial charge >= 0.3 is 6.09 Å². The molecule has 0 unspecified atom stereocenters. The number of amides is 1. The highest BCUT2D eigenvalue weighted by Crippen LogP contribution is 2.22. The molecule has 21 heavy (non-hydrogen) atoms. The van der Waals surface area contributed by atoms with Gasteiger partial charge in [-0.1, -0.05) is 30.3 Å². The maximum absolute atomic E-state index is 13.1. The average Bonchev–Trinajstić information content (AvgIpc) is 2.48. The molecule has 0 saturated carbocycles. The van der Waals surface area contributed by atoms with Gasteiger partial charge in [-0.15, -0.1) is 0 Å². The van der Waals surface area contributed by atoms with Crippen LogP contribution >= 0.6 is 0 Å². The molecule has 0 aliphatic heterocycles. The quantitative estimate of drug-likeness (QED) is 0.910.